The first-order valence-corrected chi connectivity index (χ1v) is 7.11. The lowest BCUT2D eigenvalue weighted by Gasteiger charge is -2.26. The number of hydrogen-bond acceptors (Lipinski definition) is 4. The lowest BCUT2D eigenvalue weighted by Crippen LogP contribution is -2.33. The highest BCUT2D eigenvalue weighted by atomic mass is 16.5. The molecule has 0 bridgehead atoms. The van der Waals surface area contributed by atoms with Gasteiger partial charge in [-0.2, -0.15) is 0 Å². The normalized spacial score (nSPS) is 16.1. The number of aliphatic hydroxyl groups excluding tert-OH is 1. The van der Waals surface area contributed by atoms with Gasteiger partial charge >= 0.3 is 5.97 Å². The van der Waals surface area contributed by atoms with Gasteiger partial charge in [0.05, 0.1) is 20.1 Å². The number of esters is 1. The maximum absolute atomic E-state index is 11.5. The summed E-state index contributed by atoms with van der Waals surface area (Å²) < 4.78 is 4.78. The summed E-state index contributed by atoms with van der Waals surface area (Å²) in [5.74, 6) is -0.133. The van der Waals surface area contributed by atoms with Crippen molar-refractivity contribution in [3.8, 4) is 0 Å². The maximum atomic E-state index is 11.5. The Hall–Kier alpha value is -1.39. The van der Waals surface area contributed by atoms with Gasteiger partial charge in [-0.15, -0.1) is 0 Å². The Bertz CT molecular complexity index is 429. The lowest BCUT2D eigenvalue weighted by molar-refractivity contribution is -0.142. The third-order valence-corrected chi connectivity index (χ3v) is 3.93. The smallest absolute Gasteiger partial charge is 0.306 e. The van der Waals surface area contributed by atoms with Crippen molar-refractivity contribution < 1.29 is 14.6 Å². The highest BCUT2D eigenvalue weighted by Crippen LogP contribution is 2.49. The van der Waals surface area contributed by atoms with Gasteiger partial charge in [0.2, 0.25) is 0 Å². The van der Waals surface area contributed by atoms with Gasteiger partial charge in [-0.1, -0.05) is 30.3 Å². The molecular weight excluding hydrogens is 254 g/mol. The van der Waals surface area contributed by atoms with Crippen LogP contribution >= 0.6 is 0 Å². The van der Waals surface area contributed by atoms with E-state index in [1.54, 1.807) is 0 Å². The second kappa shape index (κ2) is 6.86. The van der Waals surface area contributed by atoms with Crippen LogP contribution in [0, 0.1) is 5.41 Å². The quantitative estimate of drug-likeness (QED) is 0.736. The molecule has 0 saturated heterocycles. The second-order valence-corrected chi connectivity index (χ2v) is 5.67. The fraction of sp³-hybridized carbons (Fsp3) is 0.562. The third kappa shape index (κ3) is 4.32. The standard InChI is InChI=1S/C16H23NO3/c1-20-15(19)11-16(7-8-16)13-17(9-10-18)12-14-5-3-2-4-6-14/h2-6,18H,7-13H2,1H3. The number of carbonyl (C=O) groups excluding carboxylic acids is 1. The molecule has 110 valence electrons. The van der Waals surface area contributed by atoms with Crippen molar-refractivity contribution in [1.29, 1.82) is 0 Å². The number of methoxy groups -OCH3 is 1. The van der Waals surface area contributed by atoms with E-state index in [0.717, 1.165) is 25.9 Å². The molecule has 0 amide bonds. The SMILES string of the molecule is COC(=O)CC1(CN(CCO)Cc2ccccc2)CC1. The molecule has 0 spiro atoms. The van der Waals surface area contributed by atoms with Crippen molar-refractivity contribution in [3.63, 3.8) is 0 Å². The molecule has 1 aliphatic rings. The largest absolute Gasteiger partial charge is 0.469 e. The summed E-state index contributed by atoms with van der Waals surface area (Å²) in [4.78, 5) is 13.7. The monoisotopic (exact) mass is 277 g/mol. The van der Waals surface area contributed by atoms with Crippen LogP contribution in [0.25, 0.3) is 0 Å². The first kappa shape index (κ1) is 15.0. The fourth-order valence-electron chi connectivity index (χ4n) is 2.62. The minimum absolute atomic E-state index is 0.0665. The Morgan fingerprint density at radius 3 is 2.60 bits per heavy atom. The van der Waals surface area contributed by atoms with Crippen LogP contribution in [-0.2, 0) is 16.1 Å². The molecule has 1 aromatic rings. The van der Waals surface area contributed by atoms with Gasteiger partial charge in [0.15, 0.2) is 0 Å². The van der Waals surface area contributed by atoms with Gasteiger partial charge in [-0.25, -0.2) is 0 Å². The number of benzene rings is 1. The molecule has 20 heavy (non-hydrogen) atoms. The van der Waals surface area contributed by atoms with E-state index in [4.69, 9.17) is 4.74 Å². The van der Waals surface area contributed by atoms with Crippen molar-refractivity contribution >= 4 is 5.97 Å². The molecule has 1 aliphatic carbocycles. The first-order chi connectivity index (χ1) is 9.67. The van der Waals surface area contributed by atoms with Crippen LogP contribution in [0.2, 0.25) is 0 Å². The van der Waals surface area contributed by atoms with E-state index >= 15 is 0 Å². The number of carbonyl (C=O) groups is 1. The van der Waals surface area contributed by atoms with E-state index in [9.17, 15) is 9.90 Å². The minimum Gasteiger partial charge on any atom is -0.469 e. The average Bonchev–Trinajstić information content (AvgIpc) is 3.19. The molecule has 0 heterocycles. The zero-order valence-corrected chi connectivity index (χ0v) is 12.0. The average molecular weight is 277 g/mol. The van der Waals surface area contributed by atoms with Gasteiger partial charge in [0.25, 0.3) is 0 Å². The van der Waals surface area contributed by atoms with Crippen molar-refractivity contribution in [1.82, 2.24) is 4.90 Å². The van der Waals surface area contributed by atoms with Gasteiger partial charge in [0.1, 0.15) is 0 Å². The lowest BCUT2D eigenvalue weighted by atomic mass is 10.0. The molecule has 1 fully saturated rings. The van der Waals surface area contributed by atoms with E-state index in [0.29, 0.717) is 13.0 Å². The van der Waals surface area contributed by atoms with Gasteiger partial charge in [-0.05, 0) is 23.8 Å². The van der Waals surface area contributed by atoms with E-state index < -0.39 is 0 Å². The van der Waals surface area contributed by atoms with Crippen LogP contribution in [0.5, 0.6) is 0 Å². The summed E-state index contributed by atoms with van der Waals surface area (Å²) in [5, 5.41) is 9.23. The van der Waals surface area contributed by atoms with Crippen LogP contribution in [0.4, 0.5) is 0 Å². The summed E-state index contributed by atoms with van der Waals surface area (Å²) in [5.41, 5.74) is 1.30. The predicted molar refractivity (Wildman–Crippen MR) is 77.1 cm³/mol. The molecular formula is C16H23NO3. The fourth-order valence-corrected chi connectivity index (χ4v) is 2.62. The highest BCUT2D eigenvalue weighted by molar-refractivity contribution is 5.70. The summed E-state index contributed by atoms with van der Waals surface area (Å²) in [7, 11) is 1.44. The number of aliphatic hydroxyl groups is 1. The second-order valence-electron chi connectivity index (χ2n) is 5.67. The number of nitrogens with zero attached hydrogens (tertiary/aromatic N) is 1. The Morgan fingerprint density at radius 1 is 1.35 bits per heavy atom. The minimum atomic E-state index is -0.133. The Labute approximate surface area is 120 Å². The topological polar surface area (TPSA) is 49.8 Å². The van der Waals surface area contributed by atoms with Crippen molar-refractivity contribution in [2.45, 2.75) is 25.8 Å². The molecule has 4 heteroatoms. The molecule has 4 nitrogen and oxygen atoms in total. The molecule has 0 aliphatic heterocycles. The van der Waals surface area contributed by atoms with Gasteiger partial charge in [-0.3, -0.25) is 9.69 Å². The highest BCUT2D eigenvalue weighted by Gasteiger charge is 2.45. The number of ether oxygens (including phenoxy) is 1. The first-order valence-electron chi connectivity index (χ1n) is 7.11. The molecule has 1 aromatic carbocycles. The molecule has 0 radical (unpaired) electrons. The van der Waals surface area contributed by atoms with Gasteiger partial charge in [0, 0.05) is 19.6 Å². The van der Waals surface area contributed by atoms with E-state index in [-0.39, 0.29) is 18.0 Å². The van der Waals surface area contributed by atoms with Crippen LogP contribution in [0.3, 0.4) is 0 Å². The summed E-state index contributed by atoms with van der Waals surface area (Å²) >= 11 is 0. The van der Waals surface area contributed by atoms with E-state index in [1.807, 2.05) is 18.2 Å². The molecule has 2 rings (SSSR count). The maximum Gasteiger partial charge on any atom is 0.306 e. The number of hydrogen-bond donors (Lipinski definition) is 1. The summed E-state index contributed by atoms with van der Waals surface area (Å²) in [6.45, 7) is 2.43. The molecule has 0 aromatic heterocycles. The van der Waals surface area contributed by atoms with Crippen molar-refractivity contribution in [2.75, 3.05) is 26.8 Å². The third-order valence-electron chi connectivity index (χ3n) is 3.93. The molecule has 0 atom stereocenters. The summed E-state index contributed by atoms with van der Waals surface area (Å²) in [6, 6.07) is 10.2. The van der Waals surface area contributed by atoms with Crippen LogP contribution in [-0.4, -0.2) is 42.8 Å². The molecule has 1 N–H and O–H groups in total. The van der Waals surface area contributed by atoms with Crippen molar-refractivity contribution in [2.24, 2.45) is 5.41 Å². The van der Waals surface area contributed by atoms with Crippen LogP contribution in [0.1, 0.15) is 24.8 Å². The Morgan fingerprint density at radius 2 is 2.05 bits per heavy atom. The van der Waals surface area contributed by atoms with Crippen LogP contribution in [0.15, 0.2) is 30.3 Å². The Balaban J connectivity index is 1.94. The van der Waals surface area contributed by atoms with Crippen molar-refractivity contribution in [3.05, 3.63) is 35.9 Å². The zero-order valence-electron chi connectivity index (χ0n) is 12.0. The van der Waals surface area contributed by atoms with Crippen LogP contribution < -0.4 is 0 Å². The molecule has 1 saturated carbocycles. The van der Waals surface area contributed by atoms with E-state index in [1.165, 1.54) is 12.7 Å². The predicted octanol–water partition coefficient (Wildman–Crippen LogP) is 1.82. The van der Waals surface area contributed by atoms with E-state index in [2.05, 4.69) is 17.0 Å². The number of rotatable bonds is 8. The van der Waals surface area contributed by atoms with Gasteiger partial charge < -0.3 is 9.84 Å². The Kier molecular flexibility index (Phi) is 5.15. The summed E-state index contributed by atoms with van der Waals surface area (Å²) in [6.07, 6.45) is 2.62. The molecule has 0 unspecified atom stereocenters. The zero-order chi connectivity index (χ0) is 14.4.